The Hall–Kier alpha value is -1.37. The SMILES string of the molecule is CO[I+](OS(=O)(=O)C(F)(F)C(F)(F)C(F)(F)C(F)(F)C(F)(F)C(F)(F)C(F)(F)C(F)(F)F)c1ccccc1. The summed E-state index contributed by atoms with van der Waals surface area (Å²) < 4.78 is 257. The molecule has 0 aliphatic carbocycles. The molecule has 0 aliphatic heterocycles. The third kappa shape index (κ3) is 4.88. The molecule has 1 rings (SSSR count). The van der Waals surface area contributed by atoms with Crippen LogP contribution in [0.3, 0.4) is 0 Å². The summed E-state index contributed by atoms with van der Waals surface area (Å²) in [6, 6.07) is 4.95. The molecule has 0 saturated heterocycles. The van der Waals surface area contributed by atoms with Gasteiger partial charge in [-0.15, -0.1) is 0 Å². The second kappa shape index (κ2) is 9.92. The van der Waals surface area contributed by atoms with E-state index in [1.165, 1.54) is 6.07 Å². The topological polar surface area (TPSA) is 52.6 Å². The molecule has 223 valence electrons. The maximum Gasteiger partial charge on any atom is 0.460 e. The Morgan fingerprint density at radius 2 is 0.921 bits per heavy atom. The summed E-state index contributed by atoms with van der Waals surface area (Å²) in [4.78, 5) is 0. The molecule has 0 saturated carbocycles. The molecule has 23 heteroatoms. The first-order chi connectivity index (χ1) is 16.5. The highest BCUT2D eigenvalue weighted by Crippen LogP contribution is 2.64. The summed E-state index contributed by atoms with van der Waals surface area (Å²) in [5.41, 5.74) is 0. The molecule has 38 heavy (non-hydrogen) atoms. The smallest absolute Gasteiger partial charge is 0.192 e. The molecular weight excluding hydrogens is 726 g/mol. The van der Waals surface area contributed by atoms with Gasteiger partial charge in [-0.2, -0.15) is 86.1 Å². The highest BCUT2D eigenvalue weighted by Gasteiger charge is 2.96. The second-order valence-corrected chi connectivity index (χ2v) is 12.6. The first kappa shape index (κ1) is 34.7. The van der Waals surface area contributed by atoms with Crippen LogP contribution in [0.25, 0.3) is 0 Å². The zero-order chi connectivity index (χ0) is 30.6. The van der Waals surface area contributed by atoms with Crippen molar-refractivity contribution >= 4 is 10.1 Å². The molecule has 0 unspecified atom stereocenters. The summed E-state index contributed by atoms with van der Waals surface area (Å²) in [5, 5.41) is -7.74. The molecule has 1 radical (unpaired) electrons. The molecule has 0 bridgehead atoms. The molecule has 0 atom stereocenters. The van der Waals surface area contributed by atoms with E-state index in [1.54, 1.807) is 0 Å². The van der Waals surface area contributed by atoms with Crippen molar-refractivity contribution < 1.29 is 109 Å². The average Bonchev–Trinajstić information content (AvgIpc) is 2.76. The highest BCUT2D eigenvalue weighted by molar-refractivity contribution is 7.87. The van der Waals surface area contributed by atoms with E-state index in [4.69, 9.17) is 0 Å². The molecule has 0 fully saturated rings. The van der Waals surface area contributed by atoms with Crippen LogP contribution in [0.1, 0.15) is 0 Å². The molecule has 0 aliphatic rings. The van der Waals surface area contributed by atoms with E-state index >= 15 is 0 Å². The van der Waals surface area contributed by atoms with E-state index < -0.39 is 81.3 Å². The molecule has 1 aromatic carbocycles. The van der Waals surface area contributed by atoms with E-state index in [0.717, 1.165) is 24.3 Å². The van der Waals surface area contributed by atoms with Gasteiger partial charge in [0.15, 0.2) is 0 Å². The van der Waals surface area contributed by atoms with E-state index in [1.807, 2.05) is 0 Å². The third-order valence-corrected chi connectivity index (χ3v) is 10.3. The number of benzene rings is 1. The van der Waals surface area contributed by atoms with Crippen molar-refractivity contribution in [3.63, 3.8) is 0 Å². The van der Waals surface area contributed by atoms with Gasteiger partial charge in [-0.1, -0.05) is 18.2 Å². The zero-order valence-electron chi connectivity index (χ0n) is 17.2. The van der Waals surface area contributed by atoms with Crippen LogP contribution in [0.15, 0.2) is 30.3 Å². The highest BCUT2D eigenvalue weighted by atomic mass is 127. The Morgan fingerprint density at radius 1 is 0.579 bits per heavy atom. The van der Waals surface area contributed by atoms with Crippen LogP contribution in [0, 0.1) is 3.57 Å². The molecular formula is C15H8F17IO4S+. The normalized spacial score (nSPS) is 15.8. The maximum atomic E-state index is 14.1. The molecule has 4 nitrogen and oxygen atoms in total. The minimum atomic E-state index is -8.90. The molecule has 0 spiro atoms. The van der Waals surface area contributed by atoms with Crippen molar-refractivity contribution in [2.45, 2.75) is 47.0 Å². The second-order valence-electron chi connectivity index (χ2n) is 6.65. The van der Waals surface area contributed by atoms with Crippen molar-refractivity contribution in [2.75, 3.05) is 7.11 Å². The molecule has 0 amide bonds. The van der Waals surface area contributed by atoms with E-state index in [2.05, 4.69) is 5.58 Å². The van der Waals surface area contributed by atoms with Gasteiger partial charge >= 0.3 is 77.7 Å². The Balaban J connectivity index is 3.67. The van der Waals surface area contributed by atoms with Crippen LogP contribution in [-0.2, 0) is 15.7 Å². The Labute approximate surface area is 207 Å². The number of halogens is 18. The first-order valence-corrected chi connectivity index (χ1v) is 12.7. The minimum absolute atomic E-state index is 0.496. The lowest BCUT2D eigenvalue weighted by atomic mass is 9.91. The first-order valence-electron chi connectivity index (χ1n) is 8.48. The van der Waals surface area contributed by atoms with Crippen molar-refractivity contribution in [2.24, 2.45) is 0 Å². The number of rotatable bonds is 11. The fourth-order valence-electron chi connectivity index (χ4n) is 2.09. The predicted molar refractivity (Wildman–Crippen MR) is 82.8 cm³/mol. The quantitative estimate of drug-likeness (QED) is 0.259. The fraction of sp³-hybridized carbons (Fsp3) is 0.600. The molecule has 0 N–H and O–H groups in total. The van der Waals surface area contributed by atoms with Gasteiger partial charge in [-0.05, 0) is 14.6 Å². The predicted octanol–water partition coefficient (Wildman–Crippen LogP) is 3.27. The van der Waals surface area contributed by atoms with Gasteiger partial charge in [0, 0.05) is 0 Å². The van der Waals surface area contributed by atoms with Gasteiger partial charge < -0.3 is 0 Å². The third-order valence-electron chi connectivity index (χ3n) is 4.20. The molecule has 0 heterocycles. The van der Waals surface area contributed by atoms with Gasteiger partial charge in [0.2, 0.25) is 3.57 Å². The summed E-state index contributed by atoms with van der Waals surface area (Å²) >= 11 is -4.60. The number of alkyl halides is 17. The fourth-order valence-corrected chi connectivity index (χ4v) is 7.43. The van der Waals surface area contributed by atoms with E-state index in [0.29, 0.717) is 7.11 Å². The monoisotopic (exact) mass is 734 g/mol. The van der Waals surface area contributed by atoms with Crippen LogP contribution >= 0.6 is 0 Å². The van der Waals surface area contributed by atoms with E-state index in [-0.39, 0.29) is 0 Å². The van der Waals surface area contributed by atoms with Gasteiger partial charge in [0.1, 0.15) is 0 Å². The van der Waals surface area contributed by atoms with E-state index in [9.17, 15) is 83.1 Å². The molecule has 0 aromatic heterocycles. The summed E-state index contributed by atoms with van der Waals surface area (Å²) in [7, 11) is -7.17. The summed E-state index contributed by atoms with van der Waals surface area (Å²) in [6.07, 6.45) is -7.90. The van der Waals surface area contributed by atoms with Crippen LogP contribution in [-0.4, -0.2) is 62.5 Å². The lowest BCUT2D eigenvalue weighted by Crippen LogP contribution is -3.85. The Morgan fingerprint density at radius 3 is 1.26 bits per heavy atom. The van der Waals surface area contributed by atoms with Crippen LogP contribution < -0.4 is 20.6 Å². The van der Waals surface area contributed by atoms with Crippen molar-refractivity contribution in [1.82, 2.24) is 0 Å². The van der Waals surface area contributed by atoms with Crippen molar-refractivity contribution in [3.05, 3.63) is 33.9 Å². The molecule has 1 aromatic rings. The number of hydrogen-bond donors (Lipinski definition) is 0. The minimum Gasteiger partial charge on any atom is -0.192 e. The average molecular weight is 734 g/mol. The van der Waals surface area contributed by atoms with Crippen LogP contribution in [0.5, 0.6) is 0 Å². The standard InChI is InChI=1S/C15H8F17IO4S/c1-36-33(7-5-3-2-4-6-7)37-38(34,35)15(31,32)13(26,27)11(22,23)9(18,19)8(16,17)10(20,21)12(24,25)14(28,29)30/h2-6H,1H3/q+1. The van der Waals surface area contributed by atoms with Gasteiger partial charge in [-0.3, -0.25) is 0 Å². The largest absolute Gasteiger partial charge is 0.460 e. The van der Waals surface area contributed by atoms with Gasteiger partial charge in [0.05, 0.1) is 7.11 Å². The Bertz CT molecular complexity index is 1090. The summed E-state index contributed by atoms with van der Waals surface area (Å²) in [6.45, 7) is 0. The van der Waals surface area contributed by atoms with Crippen LogP contribution in [0.2, 0.25) is 0 Å². The van der Waals surface area contributed by atoms with Crippen molar-refractivity contribution in [3.8, 4) is 0 Å². The van der Waals surface area contributed by atoms with Crippen molar-refractivity contribution in [1.29, 1.82) is 0 Å². The lowest BCUT2D eigenvalue weighted by Gasteiger charge is -2.42. The van der Waals surface area contributed by atoms with Crippen LogP contribution in [0.4, 0.5) is 74.6 Å². The maximum absolute atomic E-state index is 14.1. The van der Waals surface area contributed by atoms with Gasteiger partial charge in [0.25, 0.3) is 0 Å². The number of hydrogen-bond acceptors (Lipinski definition) is 4. The zero-order valence-corrected chi connectivity index (χ0v) is 20.2. The Kier molecular flexibility index (Phi) is 9.05. The summed E-state index contributed by atoms with van der Waals surface area (Å²) in [5.74, 6) is -52.0. The van der Waals surface area contributed by atoms with Gasteiger partial charge in [-0.25, -0.2) is 0 Å². The lowest BCUT2D eigenvalue weighted by molar-refractivity contribution is -1.20.